The van der Waals surface area contributed by atoms with Crippen molar-refractivity contribution in [2.24, 2.45) is 5.92 Å². The quantitative estimate of drug-likeness (QED) is 0.767. The highest BCUT2D eigenvalue weighted by Crippen LogP contribution is 2.29. The van der Waals surface area contributed by atoms with Crippen LogP contribution in [0, 0.1) is 5.92 Å². The number of pyridine rings is 1. The molecule has 3 nitrogen and oxygen atoms in total. The van der Waals surface area contributed by atoms with Crippen molar-refractivity contribution < 1.29 is 0 Å². The number of nitrogens with zero attached hydrogens (tertiary/aromatic N) is 2. The number of hydrogen-bond donors (Lipinski definition) is 1. The van der Waals surface area contributed by atoms with Crippen LogP contribution in [-0.4, -0.2) is 17.6 Å². The van der Waals surface area contributed by atoms with Gasteiger partial charge in [0.25, 0.3) is 0 Å². The van der Waals surface area contributed by atoms with Gasteiger partial charge >= 0.3 is 0 Å². The zero-order valence-electron chi connectivity index (χ0n) is 9.78. The summed E-state index contributed by atoms with van der Waals surface area (Å²) in [6.45, 7) is 5.56. The molecule has 1 fully saturated rings. The molecule has 1 aliphatic rings. The maximum Gasteiger partial charge on any atom is 0.133 e. The van der Waals surface area contributed by atoms with Crippen molar-refractivity contribution in [3.63, 3.8) is 0 Å². The minimum atomic E-state index is 0.473. The lowest BCUT2D eigenvalue weighted by atomic mass is 9.92. The summed E-state index contributed by atoms with van der Waals surface area (Å²) >= 11 is 5.94. The molecule has 2 heterocycles. The predicted molar refractivity (Wildman–Crippen MR) is 68.9 cm³/mol. The number of nitrogens with two attached hydrogens (primary N) is 1. The number of nitrogen functional groups attached to an aromatic ring is 1. The van der Waals surface area contributed by atoms with Crippen molar-refractivity contribution in [3.05, 3.63) is 17.3 Å². The average Bonchev–Trinajstić information content (AvgIpc) is 2.20. The molecule has 1 aliphatic heterocycles. The Morgan fingerprint density at radius 2 is 2.19 bits per heavy atom. The molecule has 0 saturated carbocycles. The highest BCUT2D eigenvalue weighted by atomic mass is 35.5. The molecule has 0 aliphatic carbocycles. The molecule has 2 rings (SSSR count). The SMILES string of the molecule is CC1CCCN(c2cc(N)cc(Cl)n2)C1C. The Morgan fingerprint density at radius 1 is 1.44 bits per heavy atom. The summed E-state index contributed by atoms with van der Waals surface area (Å²) in [6.07, 6.45) is 2.49. The second kappa shape index (κ2) is 4.50. The summed E-state index contributed by atoms with van der Waals surface area (Å²) < 4.78 is 0. The van der Waals surface area contributed by atoms with Crippen LogP contribution in [-0.2, 0) is 0 Å². The third kappa shape index (κ3) is 2.24. The molecule has 2 N–H and O–H groups in total. The van der Waals surface area contributed by atoms with Gasteiger partial charge < -0.3 is 10.6 Å². The van der Waals surface area contributed by atoms with E-state index in [2.05, 4.69) is 23.7 Å². The van der Waals surface area contributed by atoms with E-state index in [0.29, 0.717) is 22.8 Å². The van der Waals surface area contributed by atoms with E-state index in [1.165, 1.54) is 12.8 Å². The second-order valence-electron chi connectivity index (χ2n) is 4.63. The molecule has 0 radical (unpaired) electrons. The maximum atomic E-state index is 5.94. The van der Waals surface area contributed by atoms with Gasteiger partial charge in [-0.05, 0) is 31.7 Å². The van der Waals surface area contributed by atoms with Crippen LogP contribution in [0.5, 0.6) is 0 Å². The van der Waals surface area contributed by atoms with Crippen molar-refractivity contribution in [2.75, 3.05) is 17.2 Å². The maximum absolute atomic E-state index is 5.94. The van der Waals surface area contributed by atoms with Gasteiger partial charge in [0.2, 0.25) is 0 Å². The molecule has 2 unspecified atom stereocenters. The van der Waals surface area contributed by atoms with E-state index in [-0.39, 0.29) is 0 Å². The normalized spacial score (nSPS) is 25.8. The van der Waals surface area contributed by atoms with Gasteiger partial charge in [-0.3, -0.25) is 0 Å². The van der Waals surface area contributed by atoms with Crippen LogP contribution in [0.4, 0.5) is 11.5 Å². The number of anilines is 2. The van der Waals surface area contributed by atoms with Crippen LogP contribution in [0.15, 0.2) is 12.1 Å². The summed E-state index contributed by atoms with van der Waals surface area (Å²) in [5.74, 6) is 1.60. The van der Waals surface area contributed by atoms with Crippen LogP contribution in [0.2, 0.25) is 5.15 Å². The molecule has 4 heteroatoms. The summed E-state index contributed by atoms with van der Waals surface area (Å²) in [5.41, 5.74) is 6.48. The number of hydrogen-bond acceptors (Lipinski definition) is 3. The molecule has 88 valence electrons. The van der Waals surface area contributed by atoms with E-state index in [9.17, 15) is 0 Å². The van der Waals surface area contributed by atoms with E-state index in [4.69, 9.17) is 17.3 Å². The molecule has 0 aromatic carbocycles. The fraction of sp³-hybridized carbons (Fsp3) is 0.583. The first kappa shape index (κ1) is 11.5. The van der Waals surface area contributed by atoms with Gasteiger partial charge in [0.1, 0.15) is 11.0 Å². The van der Waals surface area contributed by atoms with Crippen LogP contribution in [0.3, 0.4) is 0 Å². The molecule has 1 aromatic heterocycles. The highest BCUT2D eigenvalue weighted by molar-refractivity contribution is 6.29. The fourth-order valence-corrected chi connectivity index (χ4v) is 2.52. The lowest BCUT2D eigenvalue weighted by Crippen LogP contribution is -2.42. The third-order valence-electron chi connectivity index (χ3n) is 3.47. The van der Waals surface area contributed by atoms with E-state index in [0.717, 1.165) is 12.4 Å². The zero-order valence-corrected chi connectivity index (χ0v) is 10.5. The van der Waals surface area contributed by atoms with Crippen LogP contribution in [0.25, 0.3) is 0 Å². The standard InChI is InChI=1S/C12H18ClN3/c1-8-4-3-5-16(9(8)2)12-7-10(14)6-11(13)15-12/h6-9H,3-5H2,1-2H3,(H2,14,15). The number of piperidine rings is 1. The lowest BCUT2D eigenvalue weighted by Gasteiger charge is -2.38. The molecule has 0 spiro atoms. The minimum Gasteiger partial charge on any atom is -0.399 e. The smallest absolute Gasteiger partial charge is 0.133 e. The topological polar surface area (TPSA) is 42.1 Å². The first-order valence-electron chi connectivity index (χ1n) is 5.77. The van der Waals surface area contributed by atoms with Gasteiger partial charge in [-0.25, -0.2) is 4.98 Å². The van der Waals surface area contributed by atoms with E-state index >= 15 is 0 Å². The Kier molecular flexibility index (Phi) is 3.24. The van der Waals surface area contributed by atoms with Crippen molar-refractivity contribution in [3.8, 4) is 0 Å². The van der Waals surface area contributed by atoms with Crippen molar-refractivity contribution in [1.29, 1.82) is 0 Å². The van der Waals surface area contributed by atoms with Gasteiger partial charge in [-0.2, -0.15) is 0 Å². The summed E-state index contributed by atoms with van der Waals surface area (Å²) in [4.78, 5) is 6.66. The van der Waals surface area contributed by atoms with Crippen molar-refractivity contribution in [2.45, 2.75) is 32.7 Å². The Morgan fingerprint density at radius 3 is 2.88 bits per heavy atom. The number of rotatable bonds is 1. The summed E-state index contributed by atoms with van der Waals surface area (Å²) in [5, 5.41) is 0.473. The Labute approximate surface area is 102 Å². The average molecular weight is 240 g/mol. The van der Waals surface area contributed by atoms with Crippen LogP contribution < -0.4 is 10.6 Å². The Bertz CT molecular complexity index is 360. The molecular weight excluding hydrogens is 222 g/mol. The van der Waals surface area contributed by atoms with Crippen LogP contribution >= 0.6 is 11.6 Å². The van der Waals surface area contributed by atoms with Gasteiger partial charge in [-0.15, -0.1) is 0 Å². The second-order valence-corrected chi connectivity index (χ2v) is 5.02. The molecule has 1 aromatic rings. The predicted octanol–water partition coefficient (Wildman–Crippen LogP) is 2.94. The third-order valence-corrected chi connectivity index (χ3v) is 3.66. The molecule has 0 bridgehead atoms. The Hall–Kier alpha value is -0.960. The zero-order chi connectivity index (χ0) is 11.7. The van der Waals surface area contributed by atoms with E-state index in [1.807, 2.05) is 6.07 Å². The van der Waals surface area contributed by atoms with E-state index < -0.39 is 0 Å². The molecule has 16 heavy (non-hydrogen) atoms. The van der Waals surface area contributed by atoms with Gasteiger partial charge in [0.15, 0.2) is 0 Å². The Balaban J connectivity index is 2.28. The summed E-state index contributed by atoms with van der Waals surface area (Å²) in [7, 11) is 0. The van der Waals surface area contributed by atoms with Crippen molar-refractivity contribution >= 4 is 23.1 Å². The van der Waals surface area contributed by atoms with Gasteiger partial charge in [0.05, 0.1) is 0 Å². The van der Waals surface area contributed by atoms with Gasteiger partial charge in [-0.1, -0.05) is 18.5 Å². The largest absolute Gasteiger partial charge is 0.399 e. The molecule has 2 atom stereocenters. The highest BCUT2D eigenvalue weighted by Gasteiger charge is 2.25. The monoisotopic (exact) mass is 239 g/mol. The molecule has 1 saturated heterocycles. The molecule has 0 amide bonds. The lowest BCUT2D eigenvalue weighted by molar-refractivity contribution is 0.361. The molecular formula is C12H18ClN3. The van der Waals surface area contributed by atoms with Crippen molar-refractivity contribution in [1.82, 2.24) is 4.98 Å². The minimum absolute atomic E-state index is 0.473. The summed E-state index contributed by atoms with van der Waals surface area (Å²) in [6, 6.07) is 4.09. The van der Waals surface area contributed by atoms with E-state index in [1.54, 1.807) is 6.07 Å². The number of halogens is 1. The van der Waals surface area contributed by atoms with Crippen LogP contribution in [0.1, 0.15) is 26.7 Å². The number of aromatic nitrogens is 1. The first-order valence-corrected chi connectivity index (χ1v) is 6.15. The van der Waals surface area contributed by atoms with Gasteiger partial charge in [0, 0.05) is 24.3 Å². The first-order chi connectivity index (χ1) is 7.58. The fourth-order valence-electron chi connectivity index (χ4n) is 2.31.